The van der Waals surface area contributed by atoms with E-state index in [9.17, 15) is 5.26 Å². The van der Waals surface area contributed by atoms with Crippen LogP contribution in [-0.2, 0) is 26.4 Å². The van der Waals surface area contributed by atoms with E-state index in [1.807, 2.05) is 55.5 Å². The zero-order valence-corrected chi connectivity index (χ0v) is 33.4. The summed E-state index contributed by atoms with van der Waals surface area (Å²) in [5, 5.41) is 9.26. The maximum Gasteiger partial charge on any atom is 0.185 e. The predicted molar refractivity (Wildman–Crippen MR) is 222 cm³/mol. The van der Waals surface area contributed by atoms with E-state index in [0.29, 0.717) is 18.8 Å². The van der Waals surface area contributed by atoms with Crippen LogP contribution in [0.15, 0.2) is 109 Å². The minimum absolute atomic E-state index is 0.376. The van der Waals surface area contributed by atoms with E-state index in [4.69, 9.17) is 18.9 Å². The molecule has 0 heterocycles. The van der Waals surface area contributed by atoms with Gasteiger partial charge in [-0.15, -0.1) is 0 Å². The second-order valence-corrected chi connectivity index (χ2v) is 14.6. The Kier molecular flexibility index (Phi) is 20.0. The lowest BCUT2D eigenvalue weighted by atomic mass is 9.80. The molecule has 0 aromatic heterocycles. The normalized spacial score (nSPS) is 12.6. The second-order valence-electron chi connectivity index (χ2n) is 14.6. The van der Waals surface area contributed by atoms with Gasteiger partial charge in [-0.1, -0.05) is 188 Å². The van der Waals surface area contributed by atoms with Gasteiger partial charge in [0.15, 0.2) is 6.29 Å². The molecule has 4 aromatic carbocycles. The molecule has 0 radical (unpaired) electrons. The SMILES string of the molecule is CCCCCCCCCCCCCCCCCCO[C@@H](OC(c1ccccc1)(c1ccccc1)c1ccc(OC)cc1)[C@@H](C)OCc1ccc(C#N)cc1. The van der Waals surface area contributed by atoms with E-state index in [2.05, 4.69) is 73.7 Å². The van der Waals surface area contributed by atoms with Gasteiger partial charge in [-0.05, 0) is 59.9 Å². The first kappa shape index (κ1) is 42.8. The lowest BCUT2D eigenvalue weighted by Crippen LogP contribution is -2.43. The topological polar surface area (TPSA) is 60.7 Å². The van der Waals surface area contributed by atoms with Gasteiger partial charge in [0.1, 0.15) is 17.5 Å². The van der Waals surface area contributed by atoms with Gasteiger partial charge in [0.05, 0.1) is 25.3 Å². The molecule has 0 aliphatic rings. The Morgan fingerprint density at radius 1 is 0.556 bits per heavy atom. The van der Waals surface area contributed by atoms with Crippen LogP contribution in [-0.4, -0.2) is 26.1 Å². The molecule has 4 aromatic rings. The monoisotopic (exact) mass is 731 g/mol. The first-order valence-electron chi connectivity index (χ1n) is 20.8. The molecule has 2 atom stereocenters. The van der Waals surface area contributed by atoms with Crippen molar-refractivity contribution in [3.05, 3.63) is 137 Å². The molecule has 5 nitrogen and oxygen atoms in total. The number of nitriles is 1. The summed E-state index contributed by atoms with van der Waals surface area (Å²) in [5.74, 6) is 0.782. The summed E-state index contributed by atoms with van der Waals surface area (Å²) in [4.78, 5) is 0. The Bertz CT molecular complexity index is 1530. The van der Waals surface area contributed by atoms with Crippen LogP contribution in [0.4, 0.5) is 0 Å². The van der Waals surface area contributed by atoms with Crippen LogP contribution in [0.25, 0.3) is 0 Å². The molecule has 0 aliphatic carbocycles. The molecule has 0 N–H and O–H groups in total. The molecule has 4 rings (SSSR count). The Balaban J connectivity index is 1.39. The number of hydrogen-bond donors (Lipinski definition) is 0. The Labute approximate surface area is 327 Å². The van der Waals surface area contributed by atoms with Gasteiger partial charge < -0.3 is 18.9 Å². The molecule has 0 amide bonds. The molecule has 290 valence electrons. The predicted octanol–water partition coefficient (Wildman–Crippen LogP) is 13.1. The fourth-order valence-corrected chi connectivity index (χ4v) is 7.15. The number of unbranched alkanes of at least 4 members (excludes halogenated alkanes) is 15. The summed E-state index contributed by atoms with van der Waals surface area (Å²) < 4.78 is 26.1. The summed E-state index contributed by atoms with van der Waals surface area (Å²) in [6, 6.07) is 38.6. The maximum absolute atomic E-state index is 9.26. The van der Waals surface area contributed by atoms with Crippen LogP contribution in [0.2, 0.25) is 0 Å². The first-order chi connectivity index (χ1) is 26.6. The van der Waals surface area contributed by atoms with E-state index in [1.165, 1.54) is 89.9 Å². The quantitative estimate of drug-likeness (QED) is 0.0331. The largest absolute Gasteiger partial charge is 0.497 e. The number of nitrogens with zero attached hydrogens (tertiary/aromatic N) is 1. The molecular formula is C49H65NO4. The van der Waals surface area contributed by atoms with Crippen LogP contribution < -0.4 is 4.74 Å². The third-order valence-electron chi connectivity index (χ3n) is 10.4. The lowest BCUT2D eigenvalue weighted by Gasteiger charge is -2.40. The van der Waals surface area contributed by atoms with Gasteiger partial charge in [-0.25, -0.2) is 0 Å². The maximum atomic E-state index is 9.26. The molecule has 0 saturated carbocycles. The summed E-state index contributed by atoms with van der Waals surface area (Å²) in [6.45, 7) is 5.27. The molecule has 0 aliphatic heterocycles. The fraction of sp³-hybridized carbons (Fsp3) is 0.490. The Hall–Kier alpha value is -3.95. The zero-order chi connectivity index (χ0) is 38.1. The van der Waals surface area contributed by atoms with Crippen LogP contribution in [0, 0.1) is 11.3 Å². The molecule has 0 bridgehead atoms. The third-order valence-corrected chi connectivity index (χ3v) is 10.4. The zero-order valence-electron chi connectivity index (χ0n) is 33.4. The minimum atomic E-state index is -0.986. The highest BCUT2D eigenvalue weighted by atomic mass is 16.7. The van der Waals surface area contributed by atoms with Crippen molar-refractivity contribution in [2.75, 3.05) is 13.7 Å². The molecule has 54 heavy (non-hydrogen) atoms. The molecule has 5 heteroatoms. The van der Waals surface area contributed by atoms with Gasteiger partial charge in [0, 0.05) is 6.61 Å². The lowest BCUT2D eigenvalue weighted by molar-refractivity contribution is -0.240. The van der Waals surface area contributed by atoms with E-state index in [1.54, 1.807) is 7.11 Å². The summed E-state index contributed by atoms with van der Waals surface area (Å²) in [7, 11) is 1.68. The number of rotatable bonds is 28. The van der Waals surface area contributed by atoms with E-state index < -0.39 is 18.0 Å². The van der Waals surface area contributed by atoms with Gasteiger partial charge in [-0.3, -0.25) is 0 Å². The summed E-state index contributed by atoms with van der Waals surface area (Å²) in [5.41, 5.74) is 3.60. The van der Waals surface area contributed by atoms with Crippen molar-refractivity contribution < 1.29 is 18.9 Å². The van der Waals surface area contributed by atoms with Crippen molar-refractivity contribution in [2.24, 2.45) is 0 Å². The van der Waals surface area contributed by atoms with Crippen LogP contribution in [0.5, 0.6) is 5.75 Å². The van der Waals surface area contributed by atoms with Gasteiger partial charge >= 0.3 is 0 Å². The molecule has 0 fully saturated rings. The van der Waals surface area contributed by atoms with Crippen LogP contribution in [0.3, 0.4) is 0 Å². The third kappa shape index (κ3) is 14.0. The fourth-order valence-electron chi connectivity index (χ4n) is 7.15. The highest BCUT2D eigenvalue weighted by Crippen LogP contribution is 2.42. The average Bonchev–Trinajstić information content (AvgIpc) is 3.23. The highest BCUT2D eigenvalue weighted by Gasteiger charge is 2.42. The van der Waals surface area contributed by atoms with Crippen molar-refractivity contribution in [1.82, 2.24) is 0 Å². The molecular weight excluding hydrogens is 667 g/mol. The van der Waals surface area contributed by atoms with Crippen molar-refractivity contribution in [2.45, 2.75) is 141 Å². The molecule has 0 unspecified atom stereocenters. The van der Waals surface area contributed by atoms with E-state index in [-0.39, 0.29) is 0 Å². The van der Waals surface area contributed by atoms with Gasteiger partial charge in [-0.2, -0.15) is 5.26 Å². The van der Waals surface area contributed by atoms with Crippen molar-refractivity contribution in [3.63, 3.8) is 0 Å². The van der Waals surface area contributed by atoms with Crippen molar-refractivity contribution in [1.29, 1.82) is 5.26 Å². The van der Waals surface area contributed by atoms with Crippen LogP contribution >= 0.6 is 0 Å². The summed E-state index contributed by atoms with van der Waals surface area (Å²) >= 11 is 0. The number of ether oxygens (including phenoxy) is 4. The Morgan fingerprint density at radius 3 is 1.48 bits per heavy atom. The first-order valence-corrected chi connectivity index (χ1v) is 20.8. The summed E-state index contributed by atoms with van der Waals surface area (Å²) in [6.07, 6.45) is 20.2. The molecule has 0 saturated heterocycles. The van der Waals surface area contributed by atoms with Gasteiger partial charge in [0.25, 0.3) is 0 Å². The van der Waals surface area contributed by atoms with E-state index >= 15 is 0 Å². The average molecular weight is 732 g/mol. The second kappa shape index (κ2) is 25.2. The van der Waals surface area contributed by atoms with Crippen molar-refractivity contribution >= 4 is 0 Å². The Morgan fingerprint density at radius 2 is 1.02 bits per heavy atom. The minimum Gasteiger partial charge on any atom is -0.497 e. The van der Waals surface area contributed by atoms with Crippen LogP contribution in [0.1, 0.15) is 144 Å². The van der Waals surface area contributed by atoms with Crippen molar-refractivity contribution in [3.8, 4) is 11.8 Å². The smallest absolute Gasteiger partial charge is 0.185 e. The highest BCUT2D eigenvalue weighted by molar-refractivity contribution is 5.48. The number of benzene rings is 4. The number of hydrogen-bond acceptors (Lipinski definition) is 5. The number of methoxy groups -OCH3 is 1. The molecule has 0 spiro atoms. The van der Waals surface area contributed by atoms with Gasteiger partial charge in [0.2, 0.25) is 0 Å². The van der Waals surface area contributed by atoms with E-state index in [0.717, 1.165) is 40.8 Å². The standard InChI is InChI=1S/C49H65NO4/c1-4-5-6-7-8-9-10-11-12-13-14-15-16-17-18-25-38-52-48(41(2)53-40-43-32-30-42(39-50)31-33-43)54-49(44-26-21-19-22-27-44,45-28-23-20-24-29-45)46-34-36-47(51-3)37-35-46/h19-24,26-37,41,48H,4-18,25,38,40H2,1-3H3/t41-,48+/m1/s1.